The maximum atomic E-state index is 12.7. The fourth-order valence-corrected chi connectivity index (χ4v) is 4.45. The minimum absolute atomic E-state index is 0.0877. The first kappa shape index (κ1) is 16.0. The Bertz CT molecular complexity index is 640. The largest absolute Gasteiger partial charge is 0.481 e. The van der Waals surface area contributed by atoms with Crippen molar-refractivity contribution in [1.82, 2.24) is 5.32 Å². The van der Waals surface area contributed by atoms with Crippen molar-refractivity contribution in [3.05, 3.63) is 34.9 Å². The van der Waals surface area contributed by atoms with Gasteiger partial charge in [0.1, 0.15) is 0 Å². The van der Waals surface area contributed by atoms with Gasteiger partial charge in [-0.2, -0.15) is 0 Å². The van der Waals surface area contributed by atoms with E-state index in [4.69, 9.17) is 0 Å². The van der Waals surface area contributed by atoms with Crippen LogP contribution in [0.4, 0.5) is 0 Å². The fourth-order valence-electron chi connectivity index (χ4n) is 4.45. The number of carboxylic acid groups (broad SMARTS) is 1. The Kier molecular flexibility index (Phi) is 4.17. The molecule has 2 saturated carbocycles. The van der Waals surface area contributed by atoms with E-state index in [1.165, 1.54) is 11.1 Å². The average molecular weight is 315 g/mol. The molecule has 0 heterocycles. The van der Waals surface area contributed by atoms with E-state index < -0.39 is 11.9 Å². The van der Waals surface area contributed by atoms with Crippen LogP contribution in [-0.4, -0.2) is 17.0 Å². The highest BCUT2D eigenvalue weighted by molar-refractivity contribution is 5.86. The van der Waals surface area contributed by atoms with Crippen molar-refractivity contribution in [2.24, 2.45) is 23.7 Å². The topological polar surface area (TPSA) is 66.4 Å². The highest BCUT2D eigenvalue weighted by atomic mass is 16.4. The molecule has 5 atom stereocenters. The third-order valence-electron chi connectivity index (χ3n) is 5.89. The molecule has 0 saturated heterocycles. The molecule has 2 aliphatic rings. The quantitative estimate of drug-likeness (QED) is 0.896. The van der Waals surface area contributed by atoms with Gasteiger partial charge in [-0.05, 0) is 68.6 Å². The van der Waals surface area contributed by atoms with Gasteiger partial charge in [0.25, 0.3) is 0 Å². The molecule has 4 nitrogen and oxygen atoms in total. The van der Waals surface area contributed by atoms with Gasteiger partial charge in [0.2, 0.25) is 5.91 Å². The van der Waals surface area contributed by atoms with Gasteiger partial charge in [-0.15, -0.1) is 0 Å². The lowest BCUT2D eigenvalue weighted by atomic mass is 9.78. The Morgan fingerprint density at radius 1 is 1.13 bits per heavy atom. The van der Waals surface area contributed by atoms with Crippen molar-refractivity contribution in [1.29, 1.82) is 0 Å². The lowest BCUT2D eigenvalue weighted by molar-refractivity contribution is -0.149. The number of carbonyl (C=O) groups excluding carboxylic acids is 1. The highest BCUT2D eigenvalue weighted by Gasteiger charge is 2.54. The molecule has 23 heavy (non-hydrogen) atoms. The van der Waals surface area contributed by atoms with Crippen LogP contribution in [0.15, 0.2) is 18.2 Å². The molecule has 0 aromatic heterocycles. The van der Waals surface area contributed by atoms with Gasteiger partial charge in [-0.1, -0.05) is 18.2 Å². The summed E-state index contributed by atoms with van der Waals surface area (Å²) in [5, 5.41) is 12.5. The van der Waals surface area contributed by atoms with Gasteiger partial charge >= 0.3 is 5.97 Å². The van der Waals surface area contributed by atoms with Crippen molar-refractivity contribution in [2.75, 3.05) is 0 Å². The second kappa shape index (κ2) is 5.99. The van der Waals surface area contributed by atoms with Crippen LogP contribution >= 0.6 is 0 Å². The van der Waals surface area contributed by atoms with Crippen LogP contribution in [0.2, 0.25) is 0 Å². The molecule has 2 N–H and O–H groups in total. The third-order valence-corrected chi connectivity index (χ3v) is 5.89. The summed E-state index contributed by atoms with van der Waals surface area (Å²) in [5.41, 5.74) is 3.50. The molecule has 0 radical (unpaired) electrons. The van der Waals surface area contributed by atoms with Crippen LogP contribution < -0.4 is 5.32 Å². The van der Waals surface area contributed by atoms with Gasteiger partial charge in [0.05, 0.1) is 17.9 Å². The highest BCUT2D eigenvalue weighted by Crippen LogP contribution is 2.52. The molecule has 1 aromatic rings. The number of fused-ring (bicyclic) bond motifs is 2. The number of aliphatic carboxylic acids is 1. The van der Waals surface area contributed by atoms with E-state index >= 15 is 0 Å². The number of rotatable bonds is 4. The maximum Gasteiger partial charge on any atom is 0.307 e. The van der Waals surface area contributed by atoms with E-state index in [9.17, 15) is 14.7 Å². The Balaban J connectivity index is 1.73. The number of hydrogen-bond donors (Lipinski definition) is 2. The number of nitrogens with one attached hydrogen (secondary N) is 1. The molecule has 124 valence electrons. The summed E-state index contributed by atoms with van der Waals surface area (Å²) in [4.78, 5) is 24.3. The predicted molar refractivity (Wildman–Crippen MR) is 87.9 cm³/mol. The summed E-state index contributed by atoms with van der Waals surface area (Å²) in [6.45, 7) is 6.09. The van der Waals surface area contributed by atoms with Crippen LogP contribution in [0, 0.1) is 37.5 Å². The standard InChI is InChI=1S/C19H25NO3/c1-10-4-5-13(8-11(10)2)12(3)20-18(21)16-14-6-7-15(9-14)17(16)19(22)23/h4-5,8,12,14-17H,6-7,9H2,1-3H3,(H,20,21)(H,22,23)/t12-,14-,15-,16+,17+/m0/s1. The summed E-state index contributed by atoms with van der Waals surface area (Å²) in [6.07, 6.45) is 2.84. The molecule has 4 heteroatoms. The summed E-state index contributed by atoms with van der Waals surface area (Å²) >= 11 is 0. The number of hydrogen-bond acceptors (Lipinski definition) is 2. The van der Waals surface area contributed by atoms with Gasteiger partial charge in [-0.3, -0.25) is 9.59 Å². The van der Waals surface area contributed by atoms with Crippen LogP contribution in [0.1, 0.15) is 48.9 Å². The van der Waals surface area contributed by atoms with E-state index in [1.807, 2.05) is 13.0 Å². The number of aryl methyl sites for hydroxylation is 2. The maximum absolute atomic E-state index is 12.7. The zero-order valence-corrected chi connectivity index (χ0v) is 14.0. The second-order valence-corrected chi connectivity index (χ2v) is 7.30. The van der Waals surface area contributed by atoms with Gasteiger partial charge in [0, 0.05) is 0 Å². The number of carboxylic acids is 1. The van der Waals surface area contributed by atoms with Crippen molar-refractivity contribution < 1.29 is 14.7 Å². The fraction of sp³-hybridized carbons (Fsp3) is 0.579. The van der Waals surface area contributed by atoms with Crippen LogP contribution in [0.3, 0.4) is 0 Å². The van der Waals surface area contributed by atoms with Crippen LogP contribution in [0.5, 0.6) is 0 Å². The molecule has 2 bridgehead atoms. The molecule has 1 amide bonds. The molecule has 0 spiro atoms. The zero-order valence-electron chi connectivity index (χ0n) is 14.0. The molecule has 2 fully saturated rings. The molecule has 1 aromatic carbocycles. The molecule has 3 rings (SSSR count). The molecular weight excluding hydrogens is 290 g/mol. The smallest absolute Gasteiger partial charge is 0.307 e. The Morgan fingerprint density at radius 3 is 2.39 bits per heavy atom. The first-order chi connectivity index (χ1) is 10.9. The summed E-state index contributed by atoms with van der Waals surface area (Å²) in [6, 6.07) is 6.08. The molecule has 0 aliphatic heterocycles. The predicted octanol–water partition coefficient (Wildman–Crippen LogP) is 3.23. The van der Waals surface area contributed by atoms with E-state index in [-0.39, 0.29) is 29.7 Å². The third kappa shape index (κ3) is 2.87. The Hall–Kier alpha value is -1.84. The van der Waals surface area contributed by atoms with Crippen molar-refractivity contribution in [2.45, 2.75) is 46.1 Å². The Morgan fingerprint density at radius 2 is 1.78 bits per heavy atom. The molecule has 2 aliphatic carbocycles. The number of carbonyl (C=O) groups is 2. The van der Waals surface area contributed by atoms with E-state index in [0.717, 1.165) is 24.8 Å². The molecule has 0 unspecified atom stereocenters. The monoisotopic (exact) mass is 315 g/mol. The lowest BCUT2D eigenvalue weighted by Gasteiger charge is -2.28. The van der Waals surface area contributed by atoms with Gasteiger partial charge < -0.3 is 10.4 Å². The van der Waals surface area contributed by atoms with Crippen molar-refractivity contribution in [3.8, 4) is 0 Å². The minimum Gasteiger partial charge on any atom is -0.481 e. The van der Waals surface area contributed by atoms with E-state index in [0.29, 0.717) is 0 Å². The number of amides is 1. The first-order valence-corrected chi connectivity index (χ1v) is 8.48. The summed E-state index contributed by atoms with van der Waals surface area (Å²) < 4.78 is 0. The first-order valence-electron chi connectivity index (χ1n) is 8.48. The average Bonchev–Trinajstić information content (AvgIpc) is 3.10. The van der Waals surface area contributed by atoms with Crippen molar-refractivity contribution >= 4 is 11.9 Å². The minimum atomic E-state index is -0.809. The Labute approximate surface area is 137 Å². The SMILES string of the molecule is Cc1ccc([C@H](C)NC(=O)[C@@H]2[C@H]3CC[C@@H](C3)[C@H]2C(=O)O)cc1C. The normalized spacial score (nSPS) is 30.2. The zero-order chi connectivity index (χ0) is 16.7. The van der Waals surface area contributed by atoms with Crippen LogP contribution in [-0.2, 0) is 9.59 Å². The lowest BCUT2D eigenvalue weighted by Crippen LogP contribution is -2.42. The summed E-state index contributed by atoms with van der Waals surface area (Å²) in [5.74, 6) is -1.33. The summed E-state index contributed by atoms with van der Waals surface area (Å²) in [7, 11) is 0. The second-order valence-electron chi connectivity index (χ2n) is 7.30. The van der Waals surface area contributed by atoms with Gasteiger partial charge in [0.15, 0.2) is 0 Å². The number of benzene rings is 1. The van der Waals surface area contributed by atoms with Gasteiger partial charge in [-0.25, -0.2) is 0 Å². The van der Waals surface area contributed by atoms with Crippen molar-refractivity contribution in [3.63, 3.8) is 0 Å². The molecular formula is C19H25NO3. The van der Waals surface area contributed by atoms with E-state index in [2.05, 4.69) is 31.3 Å². The van der Waals surface area contributed by atoms with Crippen LogP contribution in [0.25, 0.3) is 0 Å². The van der Waals surface area contributed by atoms with E-state index in [1.54, 1.807) is 0 Å².